The summed E-state index contributed by atoms with van der Waals surface area (Å²) in [6.45, 7) is 4.71. The molecule has 1 aliphatic rings. The van der Waals surface area contributed by atoms with Crippen molar-refractivity contribution in [2.24, 2.45) is 5.92 Å². The van der Waals surface area contributed by atoms with Gasteiger partial charge >= 0.3 is 0 Å². The first-order chi connectivity index (χ1) is 12.8. The zero-order valence-electron chi connectivity index (χ0n) is 15.8. The number of oxazole rings is 1. The average molecular weight is 391 g/mol. The van der Waals surface area contributed by atoms with E-state index < -0.39 is 9.84 Å². The maximum absolute atomic E-state index is 12.6. The van der Waals surface area contributed by atoms with E-state index in [-0.39, 0.29) is 22.8 Å². The summed E-state index contributed by atoms with van der Waals surface area (Å²) in [5.41, 5.74) is 1.88. The third-order valence-corrected chi connectivity index (χ3v) is 7.55. The Morgan fingerprint density at radius 3 is 2.44 bits per heavy atom. The van der Waals surface area contributed by atoms with Gasteiger partial charge in [-0.1, -0.05) is 24.3 Å². The van der Waals surface area contributed by atoms with Crippen LogP contribution in [0.25, 0.3) is 11.3 Å². The fraction of sp³-hybridized carbons (Fsp3) is 0.500. The van der Waals surface area contributed by atoms with Gasteiger partial charge in [0.2, 0.25) is 5.91 Å². The van der Waals surface area contributed by atoms with Gasteiger partial charge in [0.05, 0.1) is 23.6 Å². The molecule has 2 heterocycles. The summed E-state index contributed by atoms with van der Waals surface area (Å²) in [6, 6.07) is 7.70. The van der Waals surface area contributed by atoms with Crippen LogP contribution in [0.1, 0.15) is 32.3 Å². The number of carbonyl (C=O) groups is 1. The highest BCUT2D eigenvalue weighted by atomic mass is 32.2. The van der Waals surface area contributed by atoms with Crippen LogP contribution in [0, 0.1) is 5.92 Å². The number of benzene rings is 1. The minimum absolute atomic E-state index is 0.0904. The van der Waals surface area contributed by atoms with Gasteiger partial charge in [-0.2, -0.15) is 0 Å². The maximum Gasteiger partial charge on any atom is 0.226 e. The van der Waals surface area contributed by atoms with E-state index in [1.807, 2.05) is 29.2 Å². The number of hydrogen-bond donors (Lipinski definition) is 0. The molecule has 0 radical (unpaired) electrons. The zero-order valence-corrected chi connectivity index (χ0v) is 16.6. The number of rotatable bonds is 6. The van der Waals surface area contributed by atoms with Crippen molar-refractivity contribution in [2.75, 3.05) is 18.8 Å². The molecule has 0 unspecified atom stereocenters. The Morgan fingerprint density at radius 2 is 1.89 bits per heavy atom. The first-order valence-electron chi connectivity index (χ1n) is 9.32. The Labute approximate surface area is 160 Å². The Morgan fingerprint density at radius 1 is 1.22 bits per heavy atom. The SMILES string of the molecule is CC(C)S(=O)(=O)CC1CCN(C(=O)Cc2ccc(-c3cnco3)cc2)CC1. The number of aromatic nitrogens is 1. The van der Waals surface area contributed by atoms with Crippen molar-refractivity contribution in [3.63, 3.8) is 0 Å². The first kappa shape index (κ1) is 19.6. The van der Waals surface area contributed by atoms with Crippen LogP contribution < -0.4 is 0 Å². The second kappa shape index (κ2) is 8.25. The molecule has 1 amide bonds. The Balaban J connectivity index is 1.51. The van der Waals surface area contributed by atoms with E-state index in [1.54, 1.807) is 20.0 Å². The summed E-state index contributed by atoms with van der Waals surface area (Å²) in [4.78, 5) is 18.3. The monoisotopic (exact) mass is 390 g/mol. The molecular weight excluding hydrogens is 364 g/mol. The molecule has 2 aromatic rings. The van der Waals surface area contributed by atoms with Gasteiger partial charge in [-0.3, -0.25) is 4.79 Å². The molecule has 0 bridgehead atoms. The van der Waals surface area contributed by atoms with Gasteiger partial charge < -0.3 is 9.32 Å². The molecule has 7 heteroatoms. The van der Waals surface area contributed by atoms with Crippen LogP contribution in [0.3, 0.4) is 0 Å². The smallest absolute Gasteiger partial charge is 0.226 e. The van der Waals surface area contributed by atoms with Gasteiger partial charge in [0.25, 0.3) is 0 Å². The summed E-state index contributed by atoms with van der Waals surface area (Å²) < 4.78 is 29.4. The van der Waals surface area contributed by atoms with Crippen molar-refractivity contribution in [2.45, 2.75) is 38.4 Å². The molecule has 0 N–H and O–H groups in total. The third-order valence-electron chi connectivity index (χ3n) is 5.18. The lowest BCUT2D eigenvalue weighted by Crippen LogP contribution is -2.41. The first-order valence-corrected chi connectivity index (χ1v) is 11.0. The molecule has 1 fully saturated rings. The van der Waals surface area contributed by atoms with E-state index in [9.17, 15) is 13.2 Å². The van der Waals surface area contributed by atoms with Crippen molar-refractivity contribution >= 4 is 15.7 Å². The number of nitrogens with zero attached hydrogens (tertiary/aromatic N) is 2. The number of carbonyl (C=O) groups excluding carboxylic acids is 1. The summed E-state index contributed by atoms with van der Waals surface area (Å²) in [5.74, 6) is 1.18. The van der Waals surface area contributed by atoms with Crippen molar-refractivity contribution in [3.05, 3.63) is 42.4 Å². The van der Waals surface area contributed by atoms with E-state index in [2.05, 4.69) is 4.98 Å². The average Bonchev–Trinajstić information content (AvgIpc) is 3.17. The van der Waals surface area contributed by atoms with Crippen molar-refractivity contribution in [1.82, 2.24) is 9.88 Å². The number of piperidine rings is 1. The van der Waals surface area contributed by atoms with Gasteiger partial charge in [0.15, 0.2) is 22.0 Å². The second-order valence-corrected chi connectivity index (χ2v) is 10.0. The molecule has 1 aromatic heterocycles. The predicted octanol–water partition coefficient (Wildman–Crippen LogP) is 2.95. The molecule has 0 saturated carbocycles. The Kier molecular flexibility index (Phi) is 5.99. The summed E-state index contributed by atoms with van der Waals surface area (Å²) >= 11 is 0. The van der Waals surface area contributed by atoms with E-state index in [1.165, 1.54) is 6.39 Å². The number of sulfone groups is 1. The number of hydrogen-bond acceptors (Lipinski definition) is 5. The highest BCUT2D eigenvalue weighted by Crippen LogP contribution is 2.22. The minimum atomic E-state index is -3.02. The molecule has 146 valence electrons. The summed E-state index contributed by atoms with van der Waals surface area (Å²) in [7, 11) is -3.02. The summed E-state index contributed by atoms with van der Waals surface area (Å²) in [5, 5.41) is -0.336. The van der Waals surface area contributed by atoms with E-state index in [0.29, 0.717) is 25.3 Å². The molecule has 1 saturated heterocycles. The van der Waals surface area contributed by atoms with Crippen molar-refractivity contribution < 1.29 is 17.6 Å². The van der Waals surface area contributed by atoms with Gasteiger partial charge in [0.1, 0.15) is 0 Å². The van der Waals surface area contributed by atoms with Gasteiger partial charge in [-0.15, -0.1) is 0 Å². The molecule has 0 spiro atoms. The van der Waals surface area contributed by atoms with Crippen LogP contribution in [0.15, 0.2) is 41.3 Å². The maximum atomic E-state index is 12.6. The molecule has 0 atom stereocenters. The van der Waals surface area contributed by atoms with E-state index in [0.717, 1.165) is 24.0 Å². The number of amides is 1. The number of likely N-dealkylation sites (tertiary alicyclic amines) is 1. The fourth-order valence-electron chi connectivity index (χ4n) is 3.30. The third kappa shape index (κ3) is 4.97. The van der Waals surface area contributed by atoms with E-state index >= 15 is 0 Å². The molecular formula is C20H26N2O4S. The van der Waals surface area contributed by atoms with Gasteiger partial charge in [-0.25, -0.2) is 13.4 Å². The van der Waals surface area contributed by atoms with Crippen molar-refractivity contribution in [3.8, 4) is 11.3 Å². The van der Waals surface area contributed by atoms with Crippen molar-refractivity contribution in [1.29, 1.82) is 0 Å². The van der Waals surface area contributed by atoms with Crippen LogP contribution in [0.2, 0.25) is 0 Å². The highest BCUT2D eigenvalue weighted by molar-refractivity contribution is 7.91. The highest BCUT2D eigenvalue weighted by Gasteiger charge is 2.27. The van der Waals surface area contributed by atoms with Crippen LogP contribution >= 0.6 is 0 Å². The second-order valence-electron chi connectivity index (χ2n) is 7.44. The Hall–Kier alpha value is -2.15. The van der Waals surface area contributed by atoms with Crippen LogP contribution in [-0.4, -0.2) is 48.3 Å². The van der Waals surface area contributed by atoms with Crippen LogP contribution in [0.4, 0.5) is 0 Å². The van der Waals surface area contributed by atoms with Gasteiger partial charge in [0, 0.05) is 18.7 Å². The molecule has 0 aliphatic carbocycles. The van der Waals surface area contributed by atoms with E-state index in [4.69, 9.17) is 4.42 Å². The summed E-state index contributed by atoms with van der Waals surface area (Å²) in [6.07, 6.45) is 4.91. The Bertz CT molecular complexity index is 850. The molecule has 1 aromatic carbocycles. The quantitative estimate of drug-likeness (QED) is 0.757. The standard InChI is InChI=1S/C20H26N2O4S/c1-15(2)27(24,25)13-17-7-9-22(10-8-17)20(23)11-16-3-5-18(6-4-16)19-12-21-14-26-19/h3-6,12,14-15,17H,7-11,13H2,1-2H3. The predicted molar refractivity (Wildman–Crippen MR) is 104 cm³/mol. The van der Waals surface area contributed by atoms with Gasteiger partial charge in [-0.05, 0) is 38.2 Å². The fourth-order valence-corrected chi connectivity index (χ4v) is 4.68. The lowest BCUT2D eigenvalue weighted by molar-refractivity contribution is -0.131. The lowest BCUT2D eigenvalue weighted by Gasteiger charge is -2.32. The molecule has 3 rings (SSSR count). The molecule has 27 heavy (non-hydrogen) atoms. The zero-order chi connectivity index (χ0) is 19.4. The van der Waals surface area contributed by atoms with Crippen LogP contribution in [0.5, 0.6) is 0 Å². The largest absolute Gasteiger partial charge is 0.444 e. The van der Waals surface area contributed by atoms with Crippen LogP contribution in [-0.2, 0) is 21.1 Å². The lowest BCUT2D eigenvalue weighted by atomic mass is 9.98. The molecule has 6 nitrogen and oxygen atoms in total. The molecule has 1 aliphatic heterocycles. The normalized spacial score (nSPS) is 16.0. The minimum Gasteiger partial charge on any atom is -0.444 e. The topological polar surface area (TPSA) is 80.5 Å².